The summed E-state index contributed by atoms with van der Waals surface area (Å²) in [4.78, 5) is 20.8. The molecule has 0 radical (unpaired) electrons. The maximum Gasteiger partial charge on any atom is 0.228 e. The number of aromatic nitrogens is 4. The van der Waals surface area contributed by atoms with Crippen molar-refractivity contribution in [1.82, 2.24) is 20.2 Å². The molecule has 1 saturated carbocycles. The molecule has 0 aliphatic heterocycles. The van der Waals surface area contributed by atoms with Crippen molar-refractivity contribution in [2.45, 2.75) is 38.0 Å². The van der Waals surface area contributed by atoms with Crippen molar-refractivity contribution < 1.29 is 4.79 Å². The largest absolute Gasteiger partial charge is 0.369 e. The molecule has 0 saturated heterocycles. The molecule has 8 heteroatoms. The van der Waals surface area contributed by atoms with Gasteiger partial charge in [0.25, 0.3) is 0 Å². The molecule has 0 bridgehead atoms. The quantitative estimate of drug-likeness (QED) is 0.568. The van der Waals surface area contributed by atoms with Gasteiger partial charge in [0.15, 0.2) is 0 Å². The highest BCUT2D eigenvalue weighted by Gasteiger charge is 2.50. The number of hydrogen-bond acceptors (Lipinski definition) is 5. The van der Waals surface area contributed by atoms with Crippen LogP contribution in [-0.4, -0.2) is 26.1 Å². The second-order valence-electron chi connectivity index (χ2n) is 7.13. The summed E-state index contributed by atoms with van der Waals surface area (Å²) < 4.78 is 0. The molecule has 4 rings (SSSR count). The third-order valence-electron chi connectivity index (χ3n) is 5.28. The number of rotatable bonds is 7. The van der Waals surface area contributed by atoms with E-state index >= 15 is 0 Å². The van der Waals surface area contributed by atoms with E-state index in [1.165, 1.54) is 0 Å². The topological polar surface area (TPSA) is 110 Å². The van der Waals surface area contributed by atoms with Crippen LogP contribution in [-0.2, 0) is 23.1 Å². The molecule has 3 aromatic rings. The molecule has 2 heterocycles. The lowest BCUT2D eigenvalue weighted by Crippen LogP contribution is -2.29. The second kappa shape index (κ2) is 7.24. The number of aryl methyl sites for hydroxylation is 3. The number of nitrogens with two attached hydrogens (primary N) is 1. The van der Waals surface area contributed by atoms with Gasteiger partial charge < -0.3 is 11.1 Å². The summed E-state index contributed by atoms with van der Waals surface area (Å²) in [6.07, 6.45) is 6.25. The molecule has 7 nitrogen and oxygen atoms in total. The molecule has 2 aromatic heterocycles. The minimum absolute atomic E-state index is 0.248. The zero-order valence-corrected chi connectivity index (χ0v) is 16.3. The molecule has 1 aromatic carbocycles. The zero-order chi connectivity index (χ0) is 19.7. The molecule has 1 aliphatic carbocycles. The highest BCUT2D eigenvalue weighted by atomic mass is 35.5. The second-order valence-corrected chi connectivity index (χ2v) is 7.53. The van der Waals surface area contributed by atoms with Gasteiger partial charge in [-0.1, -0.05) is 35.9 Å². The third kappa shape index (κ3) is 3.45. The lowest BCUT2D eigenvalue weighted by molar-refractivity contribution is -0.120. The smallest absolute Gasteiger partial charge is 0.228 e. The summed E-state index contributed by atoms with van der Waals surface area (Å²) in [6, 6.07) is 7.98. The van der Waals surface area contributed by atoms with E-state index in [0.29, 0.717) is 23.8 Å². The van der Waals surface area contributed by atoms with Crippen molar-refractivity contribution in [1.29, 1.82) is 0 Å². The van der Waals surface area contributed by atoms with Crippen LogP contribution in [0, 0.1) is 6.92 Å². The fraction of sp³-hybridized carbons (Fsp3) is 0.300. The Morgan fingerprint density at radius 3 is 2.75 bits per heavy atom. The number of nitrogens with one attached hydrogen (secondary N) is 2. The first kappa shape index (κ1) is 18.4. The van der Waals surface area contributed by atoms with Crippen molar-refractivity contribution in [3.8, 4) is 0 Å². The molecule has 0 unspecified atom stereocenters. The molecule has 0 spiro atoms. The van der Waals surface area contributed by atoms with Crippen LogP contribution in [0.25, 0.3) is 0 Å². The maximum absolute atomic E-state index is 12.0. The highest BCUT2D eigenvalue weighted by Crippen LogP contribution is 2.49. The lowest BCUT2D eigenvalue weighted by Gasteiger charge is -2.16. The first-order chi connectivity index (χ1) is 13.5. The van der Waals surface area contributed by atoms with Crippen molar-refractivity contribution in [3.63, 3.8) is 0 Å². The van der Waals surface area contributed by atoms with Gasteiger partial charge in [-0.2, -0.15) is 5.10 Å². The van der Waals surface area contributed by atoms with Crippen molar-refractivity contribution in [2.75, 3.05) is 5.32 Å². The first-order valence-electron chi connectivity index (χ1n) is 9.16. The molecule has 28 heavy (non-hydrogen) atoms. The van der Waals surface area contributed by atoms with Gasteiger partial charge in [0.05, 0.1) is 39.9 Å². The zero-order valence-electron chi connectivity index (χ0n) is 15.5. The van der Waals surface area contributed by atoms with Crippen LogP contribution in [0.3, 0.4) is 0 Å². The highest BCUT2D eigenvalue weighted by molar-refractivity contribution is 6.31. The monoisotopic (exact) mass is 396 g/mol. The van der Waals surface area contributed by atoms with Crippen LogP contribution < -0.4 is 11.1 Å². The van der Waals surface area contributed by atoms with Gasteiger partial charge in [-0.3, -0.25) is 9.89 Å². The number of nitrogens with zero attached hydrogens (tertiary/aromatic N) is 3. The molecule has 0 atom stereocenters. The Morgan fingerprint density at radius 2 is 2.07 bits per heavy atom. The molecule has 1 amide bonds. The van der Waals surface area contributed by atoms with Crippen LogP contribution in [0.2, 0.25) is 5.02 Å². The minimum atomic E-state index is -0.502. The van der Waals surface area contributed by atoms with Crippen molar-refractivity contribution in [2.24, 2.45) is 5.73 Å². The fourth-order valence-corrected chi connectivity index (χ4v) is 3.65. The Balaban J connectivity index is 1.54. The standard InChI is InChI=1S/C20H21ClN6O/c1-12-17(11-24-27-12)26-19-23-10-15(21)16(25-19)7-6-13-4-2-3-5-14(13)20(8-9-20)18(22)28/h2-5,10-11H,6-9H2,1H3,(H2,22,28)(H,24,27)(H,23,25,26). The SMILES string of the molecule is Cc1[nH]ncc1Nc1ncc(Cl)c(CCc2ccccc2C2(C(N)=O)CC2)n1. The Morgan fingerprint density at radius 1 is 1.29 bits per heavy atom. The maximum atomic E-state index is 12.0. The molecular weight excluding hydrogens is 376 g/mol. The van der Waals surface area contributed by atoms with E-state index in [0.717, 1.165) is 41.0 Å². The normalized spacial score (nSPS) is 14.6. The van der Waals surface area contributed by atoms with E-state index < -0.39 is 5.41 Å². The molecule has 1 fully saturated rings. The number of anilines is 2. The van der Waals surface area contributed by atoms with E-state index in [-0.39, 0.29) is 5.91 Å². The molecule has 144 valence electrons. The number of carbonyl (C=O) groups is 1. The predicted octanol–water partition coefficient (Wildman–Crippen LogP) is 3.21. The minimum Gasteiger partial charge on any atom is -0.369 e. The summed E-state index contributed by atoms with van der Waals surface area (Å²) in [5, 5.41) is 10.5. The van der Waals surface area contributed by atoms with E-state index in [9.17, 15) is 4.79 Å². The number of carbonyl (C=O) groups excluding carboxylic acids is 1. The Hall–Kier alpha value is -2.93. The van der Waals surface area contributed by atoms with Crippen LogP contribution in [0.5, 0.6) is 0 Å². The fourth-order valence-electron chi connectivity index (χ4n) is 3.47. The van der Waals surface area contributed by atoms with Crippen molar-refractivity contribution in [3.05, 3.63) is 64.2 Å². The number of benzene rings is 1. The van der Waals surface area contributed by atoms with Gasteiger partial charge >= 0.3 is 0 Å². The summed E-state index contributed by atoms with van der Waals surface area (Å²) in [5.41, 5.74) is 9.76. The number of amides is 1. The van der Waals surface area contributed by atoms with Gasteiger partial charge in [0, 0.05) is 0 Å². The summed E-state index contributed by atoms with van der Waals surface area (Å²) in [7, 11) is 0. The lowest BCUT2D eigenvalue weighted by atomic mass is 9.88. The summed E-state index contributed by atoms with van der Waals surface area (Å²) >= 11 is 6.32. The van der Waals surface area contributed by atoms with E-state index in [4.69, 9.17) is 17.3 Å². The molecular formula is C20H21ClN6O. The molecule has 1 aliphatic rings. The van der Waals surface area contributed by atoms with Gasteiger partial charge in [-0.15, -0.1) is 0 Å². The third-order valence-corrected chi connectivity index (χ3v) is 5.59. The van der Waals surface area contributed by atoms with Gasteiger partial charge in [0.1, 0.15) is 0 Å². The van der Waals surface area contributed by atoms with Crippen LogP contribution >= 0.6 is 11.6 Å². The number of halogens is 1. The van der Waals surface area contributed by atoms with Crippen LogP contribution in [0.4, 0.5) is 11.6 Å². The number of aromatic amines is 1. The van der Waals surface area contributed by atoms with Crippen LogP contribution in [0.1, 0.15) is 35.4 Å². The Labute approximate surface area is 167 Å². The van der Waals surface area contributed by atoms with E-state index in [1.54, 1.807) is 12.4 Å². The van der Waals surface area contributed by atoms with Crippen LogP contribution in [0.15, 0.2) is 36.7 Å². The average molecular weight is 397 g/mol. The summed E-state index contributed by atoms with van der Waals surface area (Å²) in [5.74, 6) is 0.218. The predicted molar refractivity (Wildman–Crippen MR) is 108 cm³/mol. The van der Waals surface area contributed by atoms with E-state index in [1.807, 2.05) is 31.2 Å². The number of primary amides is 1. The van der Waals surface area contributed by atoms with Gasteiger partial charge in [-0.05, 0) is 43.7 Å². The van der Waals surface area contributed by atoms with Crippen molar-refractivity contribution >= 4 is 29.1 Å². The van der Waals surface area contributed by atoms with Gasteiger partial charge in [0.2, 0.25) is 11.9 Å². The Bertz CT molecular complexity index is 1030. The van der Waals surface area contributed by atoms with Gasteiger partial charge in [-0.25, -0.2) is 9.97 Å². The summed E-state index contributed by atoms with van der Waals surface area (Å²) in [6.45, 7) is 1.91. The first-order valence-corrected chi connectivity index (χ1v) is 9.54. The number of H-pyrrole nitrogens is 1. The number of hydrogen-bond donors (Lipinski definition) is 3. The average Bonchev–Trinajstić information content (AvgIpc) is 3.41. The molecule has 4 N–H and O–H groups in total. The van der Waals surface area contributed by atoms with E-state index in [2.05, 4.69) is 25.5 Å². The Kier molecular flexibility index (Phi) is 4.77.